The lowest BCUT2D eigenvalue weighted by atomic mass is 9.95. The second kappa shape index (κ2) is 10.4. The zero-order valence-corrected chi connectivity index (χ0v) is 18.3. The minimum Gasteiger partial charge on any atom is -0.427 e. The molecule has 7 nitrogen and oxygen atoms in total. The van der Waals surface area contributed by atoms with E-state index in [9.17, 15) is 9.59 Å². The highest BCUT2D eigenvalue weighted by atomic mass is 35.5. The van der Waals surface area contributed by atoms with Crippen LogP contribution in [-0.2, 0) is 13.1 Å². The Bertz CT molecular complexity index is 1070. The predicted molar refractivity (Wildman–Crippen MR) is 121 cm³/mol. The number of aryl methyl sites for hydroxylation is 1. The van der Waals surface area contributed by atoms with Gasteiger partial charge in [-0.25, -0.2) is 4.79 Å². The van der Waals surface area contributed by atoms with Crippen LogP contribution in [0.5, 0.6) is 0 Å². The van der Waals surface area contributed by atoms with Gasteiger partial charge < -0.3 is 15.1 Å². The van der Waals surface area contributed by atoms with Crippen molar-refractivity contribution in [3.63, 3.8) is 0 Å². The predicted octanol–water partition coefficient (Wildman–Crippen LogP) is 3.01. The van der Waals surface area contributed by atoms with Crippen molar-refractivity contribution in [1.29, 1.82) is 0 Å². The summed E-state index contributed by atoms with van der Waals surface area (Å²) in [6.07, 6.45) is 5.66. The summed E-state index contributed by atoms with van der Waals surface area (Å²) in [6, 6.07) is 11.6. The highest BCUT2D eigenvalue weighted by Crippen LogP contribution is 2.23. The highest BCUT2D eigenvalue weighted by Gasteiger charge is 2.22. The molecule has 2 aromatic heterocycles. The number of hydrogen-bond donors (Lipinski definition) is 2. The molecular weight excluding hydrogens is 416 g/mol. The molecule has 0 radical (unpaired) electrons. The molecule has 3 heterocycles. The van der Waals surface area contributed by atoms with Crippen LogP contribution in [0.3, 0.4) is 0 Å². The van der Waals surface area contributed by atoms with E-state index in [1.165, 1.54) is 0 Å². The summed E-state index contributed by atoms with van der Waals surface area (Å²) in [5, 5.41) is 10.4. The zero-order valence-electron chi connectivity index (χ0n) is 17.5. The maximum atomic E-state index is 12.8. The molecule has 1 fully saturated rings. The van der Waals surface area contributed by atoms with E-state index in [4.69, 9.17) is 4.42 Å². The van der Waals surface area contributed by atoms with E-state index in [0.29, 0.717) is 24.4 Å². The average Bonchev–Trinajstić information content (AvgIpc) is 3.26. The summed E-state index contributed by atoms with van der Waals surface area (Å²) in [5.41, 5.74) is 2.19. The summed E-state index contributed by atoms with van der Waals surface area (Å²) in [4.78, 5) is 25.3. The van der Waals surface area contributed by atoms with Gasteiger partial charge >= 0.3 is 5.63 Å². The summed E-state index contributed by atoms with van der Waals surface area (Å²) < 4.78 is 7.36. The fourth-order valence-electron chi connectivity index (χ4n) is 3.92. The molecule has 0 saturated carbocycles. The summed E-state index contributed by atoms with van der Waals surface area (Å²) in [7, 11) is 0. The standard InChI is InChI=1S/C23H26N4O3.ClH/c1-16-12-20(18-8-4-9-24-13-18)30-23(29)21(16)22(28)25-14-17-6-2-3-7-19(17)15-27-11-5-10-26-27;/h2-3,5-7,10-12,18,24H,4,8-9,13-15H2,1H3,(H,25,28);1H. The lowest BCUT2D eigenvalue weighted by molar-refractivity contribution is 0.0945. The number of nitrogens with one attached hydrogen (secondary N) is 2. The van der Waals surface area contributed by atoms with E-state index < -0.39 is 11.5 Å². The molecule has 2 N–H and O–H groups in total. The Morgan fingerprint density at radius 1 is 1.29 bits per heavy atom. The third-order valence-electron chi connectivity index (χ3n) is 5.54. The Balaban J connectivity index is 0.00000272. The molecule has 0 spiro atoms. The molecule has 8 heteroatoms. The number of benzene rings is 1. The van der Waals surface area contributed by atoms with Crippen LogP contribution in [0.15, 0.2) is 58.0 Å². The molecule has 1 amide bonds. The van der Waals surface area contributed by atoms with Gasteiger partial charge in [0.2, 0.25) is 0 Å². The maximum absolute atomic E-state index is 12.8. The molecule has 1 unspecified atom stereocenters. The van der Waals surface area contributed by atoms with Gasteiger partial charge in [0.25, 0.3) is 5.91 Å². The summed E-state index contributed by atoms with van der Waals surface area (Å²) >= 11 is 0. The number of aromatic nitrogens is 2. The van der Waals surface area contributed by atoms with Crippen LogP contribution in [0.4, 0.5) is 0 Å². The Kier molecular flexibility index (Phi) is 7.65. The number of hydrogen-bond acceptors (Lipinski definition) is 5. The third-order valence-corrected chi connectivity index (χ3v) is 5.54. The van der Waals surface area contributed by atoms with Crippen LogP contribution in [0, 0.1) is 6.92 Å². The van der Waals surface area contributed by atoms with Crippen LogP contribution in [-0.4, -0.2) is 28.8 Å². The zero-order chi connectivity index (χ0) is 20.9. The second-order valence-corrected chi connectivity index (χ2v) is 7.69. The van der Waals surface area contributed by atoms with Gasteiger partial charge in [-0.2, -0.15) is 5.10 Å². The van der Waals surface area contributed by atoms with Crippen molar-refractivity contribution >= 4 is 18.3 Å². The first-order valence-electron chi connectivity index (χ1n) is 10.3. The van der Waals surface area contributed by atoms with E-state index in [-0.39, 0.29) is 23.9 Å². The first kappa shape index (κ1) is 22.8. The van der Waals surface area contributed by atoms with Crippen LogP contribution in [0.25, 0.3) is 0 Å². The van der Waals surface area contributed by atoms with E-state index in [1.54, 1.807) is 13.1 Å². The number of carbonyl (C=O) groups is 1. The Hall–Kier alpha value is -2.90. The number of halogens is 1. The number of rotatable bonds is 6. The number of nitrogens with zero attached hydrogens (tertiary/aromatic N) is 2. The number of amides is 1. The molecule has 1 aliphatic rings. The van der Waals surface area contributed by atoms with E-state index in [1.807, 2.05) is 47.3 Å². The van der Waals surface area contributed by atoms with Crippen molar-refractivity contribution in [2.45, 2.75) is 38.8 Å². The smallest absolute Gasteiger partial charge is 0.349 e. The first-order chi connectivity index (χ1) is 14.6. The van der Waals surface area contributed by atoms with E-state index >= 15 is 0 Å². The average molecular weight is 443 g/mol. The SMILES string of the molecule is Cc1cc(C2CCCNC2)oc(=O)c1C(=O)NCc1ccccc1Cn1cccn1.Cl. The van der Waals surface area contributed by atoms with Gasteiger partial charge in [-0.05, 0) is 55.1 Å². The van der Waals surface area contributed by atoms with Crippen molar-refractivity contribution in [2.75, 3.05) is 13.1 Å². The molecular formula is C23H27ClN4O3. The Labute approximate surface area is 187 Å². The fourth-order valence-corrected chi connectivity index (χ4v) is 3.92. The van der Waals surface area contributed by atoms with Gasteiger partial charge in [-0.15, -0.1) is 12.4 Å². The van der Waals surface area contributed by atoms with Gasteiger partial charge in [-0.3, -0.25) is 9.48 Å². The first-order valence-corrected chi connectivity index (χ1v) is 10.3. The van der Waals surface area contributed by atoms with Crippen molar-refractivity contribution in [1.82, 2.24) is 20.4 Å². The van der Waals surface area contributed by atoms with Crippen LogP contribution >= 0.6 is 12.4 Å². The molecule has 0 bridgehead atoms. The monoisotopic (exact) mass is 442 g/mol. The third kappa shape index (κ3) is 5.42. The van der Waals surface area contributed by atoms with Gasteiger partial charge in [0.05, 0.1) is 6.54 Å². The highest BCUT2D eigenvalue weighted by molar-refractivity contribution is 5.95. The molecule has 3 aromatic rings. The van der Waals surface area contributed by atoms with Crippen molar-refractivity contribution in [3.05, 3.63) is 87.2 Å². The fraction of sp³-hybridized carbons (Fsp3) is 0.348. The number of carbonyl (C=O) groups excluding carboxylic acids is 1. The van der Waals surface area contributed by atoms with Crippen molar-refractivity contribution in [2.24, 2.45) is 0 Å². The maximum Gasteiger partial charge on any atom is 0.349 e. The van der Waals surface area contributed by atoms with Crippen molar-refractivity contribution < 1.29 is 9.21 Å². The molecule has 1 aromatic carbocycles. The van der Waals surface area contributed by atoms with Gasteiger partial charge in [0, 0.05) is 31.4 Å². The topological polar surface area (TPSA) is 89.2 Å². The van der Waals surface area contributed by atoms with Gasteiger partial charge in [0.1, 0.15) is 11.3 Å². The quantitative estimate of drug-likeness (QED) is 0.612. The largest absolute Gasteiger partial charge is 0.427 e. The van der Waals surface area contributed by atoms with Crippen LogP contribution in [0.2, 0.25) is 0 Å². The molecule has 31 heavy (non-hydrogen) atoms. The molecule has 164 valence electrons. The van der Waals surface area contributed by atoms with Crippen LogP contribution < -0.4 is 16.3 Å². The van der Waals surface area contributed by atoms with Crippen LogP contribution in [0.1, 0.15) is 51.6 Å². The second-order valence-electron chi connectivity index (χ2n) is 7.69. The Morgan fingerprint density at radius 2 is 2.10 bits per heavy atom. The van der Waals surface area contributed by atoms with E-state index in [2.05, 4.69) is 15.7 Å². The summed E-state index contributed by atoms with van der Waals surface area (Å²) in [5.74, 6) is 0.422. The van der Waals surface area contributed by atoms with Gasteiger partial charge in [-0.1, -0.05) is 24.3 Å². The van der Waals surface area contributed by atoms with Crippen molar-refractivity contribution in [3.8, 4) is 0 Å². The minimum absolute atomic E-state index is 0. The lowest BCUT2D eigenvalue weighted by Gasteiger charge is -2.22. The number of piperidine rings is 1. The normalized spacial score (nSPS) is 15.8. The Morgan fingerprint density at radius 3 is 2.77 bits per heavy atom. The molecule has 1 atom stereocenters. The molecule has 1 aliphatic heterocycles. The summed E-state index contributed by atoms with van der Waals surface area (Å²) in [6.45, 7) is 4.51. The minimum atomic E-state index is -0.571. The van der Waals surface area contributed by atoms with E-state index in [0.717, 1.165) is 37.1 Å². The molecule has 1 saturated heterocycles. The lowest BCUT2D eigenvalue weighted by Crippen LogP contribution is -2.31. The van der Waals surface area contributed by atoms with Gasteiger partial charge in [0.15, 0.2) is 0 Å². The molecule has 4 rings (SSSR count). The molecule has 0 aliphatic carbocycles.